The largest absolute Gasteiger partial charge is 0.382 e. The Kier molecular flexibility index (Phi) is 4.34. The maximum atomic E-state index is 11.0. The molecule has 0 aromatic carbocycles. The Morgan fingerprint density at radius 2 is 1.64 bits per heavy atom. The van der Waals surface area contributed by atoms with Crippen LogP contribution in [0.1, 0.15) is 46.5 Å². The van der Waals surface area contributed by atoms with Crippen LogP contribution in [0.4, 0.5) is 0 Å². The van der Waals surface area contributed by atoms with E-state index in [-0.39, 0.29) is 5.78 Å². The molecule has 0 spiro atoms. The summed E-state index contributed by atoms with van der Waals surface area (Å²) in [6, 6.07) is 0. The SMILES string of the molecule is CCCC(O)(CCC)C(C)=O. The molecule has 0 rings (SSSR count). The Hall–Kier alpha value is -0.370. The van der Waals surface area contributed by atoms with E-state index >= 15 is 0 Å². The van der Waals surface area contributed by atoms with E-state index in [4.69, 9.17) is 0 Å². The van der Waals surface area contributed by atoms with Gasteiger partial charge in [0.1, 0.15) is 5.60 Å². The van der Waals surface area contributed by atoms with E-state index in [1.54, 1.807) is 0 Å². The molecule has 0 aliphatic carbocycles. The van der Waals surface area contributed by atoms with Gasteiger partial charge in [-0.2, -0.15) is 0 Å². The van der Waals surface area contributed by atoms with Gasteiger partial charge in [-0.15, -0.1) is 0 Å². The van der Waals surface area contributed by atoms with Crippen molar-refractivity contribution in [2.24, 2.45) is 0 Å². The van der Waals surface area contributed by atoms with E-state index < -0.39 is 5.60 Å². The highest BCUT2D eigenvalue weighted by atomic mass is 16.3. The van der Waals surface area contributed by atoms with Gasteiger partial charge in [-0.3, -0.25) is 4.79 Å². The zero-order chi connectivity index (χ0) is 8.91. The lowest BCUT2D eigenvalue weighted by atomic mass is 9.89. The lowest BCUT2D eigenvalue weighted by Gasteiger charge is -2.23. The molecule has 0 bridgehead atoms. The Morgan fingerprint density at radius 3 is 1.82 bits per heavy atom. The van der Waals surface area contributed by atoms with Crippen molar-refractivity contribution in [2.75, 3.05) is 0 Å². The molecule has 0 aromatic heterocycles. The summed E-state index contributed by atoms with van der Waals surface area (Å²) in [4.78, 5) is 11.0. The predicted octanol–water partition coefficient (Wildman–Crippen LogP) is 1.91. The lowest BCUT2D eigenvalue weighted by Crippen LogP contribution is -2.36. The van der Waals surface area contributed by atoms with Crippen LogP contribution in [-0.4, -0.2) is 16.5 Å². The molecular weight excluding hydrogens is 140 g/mol. The van der Waals surface area contributed by atoms with Crippen LogP contribution >= 0.6 is 0 Å². The molecular formula is C9H18O2. The number of carbonyl (C=O) groups excluding carboxylic acids is 1. The quantitative estimate of drug-likeness (QED) is 0.663. The molecule has 0 unspecified atom stereocenters. The molecule has 0 saturated carbocycles. The van der Waals surface area contributed by atoms with Gasteiger partial charge in [0.2, 0.25) is 0 Å². The van der Waals surface area contributed by atoms with E-state index in [0.29, 0.717) is 12.8 Å². The first-order valence-corrected chi connectivity index (χ1v) is 4.30. The maximum absolute atomic E-state index is 11.0. The highest BCUT2D eigenvalue weighted by Crippen LogP contribution is 2.20. The molecule has 0 radical (unpaired) electrons. The summed E-state index contributed by atoms with van der Waals surface area (Å²) < 4.78 is 0. The summed E-state index contributed by atoms with van der Waals surface area (Å²) in [5.41, 5.74) is -1.04. The van der Waals surface area contributed by atoms with Gasteiger partial charge in [0, 0.05) is 0 Å². The van der Waals surface area contributed by atoms with Gasteiger partial charge in [0.25, 0.3) is 0 Å². The summed E-state index contributed by atoms with van der Waals surface area (Å²) in [7, 11) is 0. The van der Waals surface area contributed by atoms with Crippen LogP contribution in [0.3, 0.4) is 0 Å². The smallest absolute Gasteiger partial charge is 0.161 e. The molecule has 11 heavy (non-hydrogen) atoms. The minimum Gasteiger partial charge on any atom is -0.382 e. The van der Waals surface area contributed by atoms with Gasteiger partial charge in [-0.1, -0.05) is 26.7 Å². The molecule has 0 heterocycles. The molecule has 2 nitrogen and oxygen atoms in total. The molecule has 0 aromatic rings. The number of hydrogen-bond acceptors (Lipinski definition) is 2. The number of aliphatic hydroxyl groups is 1. The van der Waals surface area contributed by atoms with E-state index in [9.17, 15) is 9.90 Å². The monoisotopic (exact) mass is 158 g/mol. The number of carbonyl (C=O) groups is 1. The fourth-order valence-electron chi connectivity index (χ4n) is 1.30. The third kappa shape index (κ3) is 3.02. The molecule has 0 atom stereocenters. The third-order valence-electron chi connectivity index (χ3n) is 1.98. The fraction of sp³-hybridized carbons (Fsp3) is 0.889. The summed E-state index contributed by atoms with van der Waals surface area (Å²) in [5.74, 6) is -0.0961. The van der Waals surface area contributed by atoms with E-state index in [1.165, 1.54) is 6.92 Å². The summed E-state index contributed by atoms with van der Waals surface area (Å²) >= 11 is 0. The van der Waals surface area contributed by atoms with E-state index in [0.717, 1.165) is 12.8 Å². The van der Waals surface area contributed by atoms with Crippen LogP contribution in [0.15, 0.2) is 0 Å². The molecule has 0 amide bonds. The molecule has 0 aliphatic heterocycles. The van der Waals surface area contributed by atoms with Gasteiger partial charge in [-0.05, 0) is 19.8 Å². The van der Waals surface area contributed by atoms with Crippen LogP contribution < -0.4 is 0 Å². The van der Waals surface area contributed by atoms with Gasteiger partial charge in [0.05, 0.1) is 0 Å². The van der Waals surface area contributed by atoms with Crippen molar-refractivity contribution in [3.63, 3.8) is 0 Å². The first-order chi connectivity index (χ1) is 5.06. The van der Waals surface area contributed by atoms with Gasteiger partial charge in [0.15, 0.2) is 5.78 Å². The topological polar surface area (TPSA) is 37.3 Å². The molecule has 1 N–H and O–H groups in total. The standard InChI is InChI=1S/C9H18O2/c1-4-6-9(11,7-5-2)8(3)10/h11H,4-7H2,1-3H3. The van der Waals surface area contributed by atoms with Crippen LogP contribution in [0.2, 0.25) is 0 Å². The van der Waals surface area contributed by atoms with Gasteiger partial charge >= 0.3 is 0 Å². The van der Waals surface area contributed by atoms with Crippen molar-refractivity contribution in [1.29, 1.82) is 0 Å². The van der Waals surface area contributed by atoms with Crippen molar-refractivity contribution >= 4 is 5.78 Å². The van der Waals surface area contributed by atoms with Gasteiger partial charge in [-0.25, -0.2) is 0 Å². The molecule has 0 saturated heterocycles. The Bertz CT molecular complexity index is 124. The fourth-order valence-corrected chi connectivity index (χ4v) is 1.30. The van der Waals surface area contributed by atoms with Crippen molar-refractivity contribution in [3.8, 4) is 0 Å². The third-order valence-corrected chi connectivity index (χ3v) is 1.98. The summed E-state index contributed by atoms with van der Waals surface area (Å²) in [6.45, 7) is 5.42. The van der Waals surface area contributed by atoms with Crippen LogP contribution in [-0.2, 0) is 4.79 Å². The summed E-state index contributed by atoms with van der Waals surface area (Å²) in [6.07, 6.45) is 2.90. The average molecular weight is 158 g/mol. The van der Waals surface area contributed by atoms with E-state index in [2.05, 4.69) is 0 Å². The minimum atomic E-state index is -1.04. The van der Waals surface area contributed by atoms with Gasteiger partial charge < -0.3 is 5.11 Å². The molecule has 0 fully saturated rings. The Balaban J connectivity index is 4.13. The number of ketones is 1. The lowest BCUT2D eigenvalue weighted by molar-refractivity contribution is -0.136. The second-order valence-corrected chi connectivity index (χ2v) is 3.09. The second kappa shape index (κ2) is 4.50. The average Bonchev–Trinajstić information content (AvgIpc) is 1.88. The predicted molar refractivity (Wildman–Crippen MR) is 45.4 cm³/mol. The Morgan fingerprint density at radius 1 is 1.27 bits per heavy atom. The zero-order valence-corrected chi connectivity index (χ0v) is 7.68. The van der Waals surface area contributed by atoms with Crippen molar-refractivity contribution in [2.45, 2.75) is 52.1 Å². The molecule has 66 valence electrons. The Labute approximate surface area is 68.6 Å². The van der Waals surface area contributed by atoms with Crippen LogP contribution in [0.5, 0.6) is 0 Å². The first kappa shape index (κ1) is 10.6. The zero-order valence-electron chi connectivity index (χ0n) is 7.68. The first-order valence-electron chi connectivity index (χ1n) is 4.30. The highest BCUT2D eigenvalue weighted by molar-refractivity contribution is 5.84. The molecule has 2 heteroatoms. The maximum Gasteiger partial charge on any atom is 0.161 e. The van der Waals surface area contributed by atoms with Crippen molar-refractivity contribution in [1.82, 2.24) is 0 Å². The molecule has 0 aliphatic rings. The van der Waals surface area contributed by atoms with E-state index in [1.807, 2.05) is 13.8 Å². The minimum absolute atomic E-state index is 0.0961. The highest BCUT2D eigenvalue weighted by Gasteiger charge is 2.29. The normalized spacial score (nSPS) is 11.6. The van der Waals surface area contributed by atoms with Crippen molar-refractivity contribution in [3.05, 3.63) is 0 Å². The second-order valence-electron chi connectivity index (χ2n) is 3.09. The van der Waals surface area contributed by atoms with Crippen LogP contribution in [0.25, 0.3) is 0 Å². The number of rotatable bonds is 5. The number of hydrogen-bond donors (Lipinski definition) is 1. The number of Topliss-reactive ketones (excluding diaryl/α,β-unsaturated/α-hetero) is 1. The van der Waals surface area contributed by atoms with Crippen molar-refractivity contribution < 1.29 is 9.90 Å². The van der Waals surface area contributed by atoms with Crippen LogP contribution in [0, 0.1) is 0 Å². The summed E-state index contributed by atoms with van der Waals surface area (Å²) in [5, 5.41) is 9.74.